The van der Waals surface area contributed by atoms with Crippen LogP contribution in [0.5, 0.6) is 0 Å². The smallest absolute Gasteiger partial charge is 0.261 e. The van der Waals surface area contributed by atoms with E-state index in [9.17, 15) is 10.2 Å². The first-order valence-electron chi connectivity index (χ1n) is 12.1. The third-order valence-electron chi connectivity index (χ3n) is 6.29. The van der Waals surface area contributed by atoms with E-state index < -0.39 is 20.5 Å². The minimum absolute atomic E-state index is 0.0798. The van der Waals surface area contributed by atoms with Crippen molar-refractivity contribution in [2.24, 2.45) is 0 Å². The Morgan fingerprint density at radius 2 is 1.29 bits per heavy atom. The zero-order chi connectivity index (χ0) is 24.4. The van der Waals surface area contributed by atoms with Crippen molar-refractivity contribution in [1.29, 1.82) is 0 Å². The molecule has 0 fully saturated rings. The molecule has 2 atom stereocenters. The van der Waals surface area contributed by atoms with Gasteiger partial charge in [0.25, 0.3) is 8.32 Å². The van der Waals surface area contributed by atoms with E-state index in [2.05, 4.69) is 69.3 Å². The monoisotopic (exact) mass is 478 g/mol. The van der Waals surface area contributed by atoms with Gasteiger partial charge in [-0.3, -0.25) is 0 Å². The molecule has 0 heterocycles. The average Bonchev–Trinajstić information content (AvgIpc) is 2.86. The van der Waals surface area contributed by atoms with Crippen molar-refractivity contribution in [2.45, 2.75) is 57.5 Å². The highest BCUT2D eigenvalue weighted by atomic mass is 28.4. The first-order valence-corrected chi connectivity index (χ1v) is 14.0. The van der Waals surface area contributed by atoms with E-state index in [0.717, 1.165) is 12.0 Å². The second kappa shape index (κ2) is 12.4. The minimum Gasteiger partial charge on any atom is -0.407 e. The molecule has 0 aliphatic carbocycles. The molecule has 0 amide bonds. The fourth-order valence-corrected chi connectivity index (χ4v) is 9.16. The molecule has 0 unspecified atom stereocenters. The molecule has 0 saturated carbocycles. The Hall–Kier alpha value is -2.28. The van der Waals surface area contributed by atoms with Crippen molar-refractivity contribution < 1.29 is 19.4 Å². The molecule has 0 saturated heterocycles. The van der Waals surface area contributed by atoms with Crippen LogP contribution in [0.15, 0.2) is 91.0 Å². The Labute approximate surface area is 205 Å². The molecular formula is C29H38O4Si. The summed E-state index contributed by atoms with van der Waals surface area (Å²) in [4.78, 5) is 0. The SMILES string of the molecule is CC(C)(C)[Si](OCCC[C@@H](OCc1ccccc1)[C@H](O)CO)(c1ccccc1)c1ccccc1. The van der Waals surface area contributed by atoms with E-state index in [-0.39, 0.29) is 11.6 Å². The molecule has 0 spiro atoms. The molecule has 0 radical (unpaired) electrons. The number of benzene rings is 3. The molecule has 5 heteroatoms. The van der Waals surface area contributed by atoms with Gasteiger partial charge in [0.15, 0.2) is 0 Å². The Balaban J connectivity index is 1.74. The highest BCUT2D eigenvalue weighted by Crippen LogP contribution is 2.36. The fourth-order valence-electron chi connectivity index (χ4n) is 4.55. The quantitative estimate of drug-likeness (QED) is 0.301. The van der Waals surface area contributed by atoms with Crippen LogP contribution in [-0.4, -0.2) is 44.0 Å². The number of aliphatic hydroxyl groups is 2. The average molecular weight is 479 g/mol. The molecule has 3 aromatic rings. The van der Waals surface area contributed by atoms with Crippen LogP contribution >= 0.6 is 0 Å². The molecule has 3 rings (SSSR count). The zero-order valence-corrected chi connectivity index (χ0v) is 21.6. The number of ether oxygens (including phenoxy) is 1. The van der Waals surface area contributed by atoms with Crippen LogP contribution in [0.25, 0.3) is 0 Å². The second-order valence-corrected chi connectivity index (χ2v) is 14.0. The van der Waals surface area contributed by atoms with Gasteiger partial charge in [0, 0.05) is 6.61 Å². The lowest BCUT2D eigenvalue weighted by molar-refractivity contribution is -0.0699. The Morgan fingerprint density at radius 1 is 0.794 bits per heavy atom. The standard InChI is InChI=1S/C29H38O4Si/c1-29(2,3)34(25-16-9-5-10-17-25,26-18-11-6-12-19-26)33-21-13-20-28(27(31)22-30)32-23-24-14-7-4-8-15-24/h4-12,14-19,27-28,30-31H,13,20-23H2,1-3H3/t27-,28-/m1/s1. The summed E-state index contributed by atoms with van der Waals surface area (Å²) in [6, 6.07) is 31.1. The minimum atomic E-state index is -2.58. The largest absolute Gasteiger partial charge is 0.407 e. The number of hydrogen-bond acceptors (Lipinski definition) is 4. The normalized spacial score (nSPS) is 14.0. The lowest BCUT2D eigenvalue weighted by Crippen LogP contribution is -2.66. The van der Waals surface area contributed by atoms with Gasteiger partial charge < -0.3 is 19.4 Å². The summed E-state index contributed by atoms with van der Waals surface area (Å²) >= 11 is 0. The molecule has 3 aromatic carbocycles. The molecular weight excluding hydrogens is 440 g/mol. The van der Waals surface area contributed by atoms with E-state index >= 15 is 0 Å². The maximum Gasteiger partial charge on any atom is 0.261 e. The summed E-state index contributed by atoms with van der Waals surface area (Å²) in [7, 11) is -2.58. The summed E-state index contributed by atoms with van der Waals surface area (Å²) in [5.74, 6) is 0. The van der Waals surface area contributed by atoms with Gasteiger partial charge in [-0.15, -0.1) is 0 Å². The lowest BCUT2D eigenvalue weighted by Gasteiger charge is -2.43. The maximum absolute atomic E-state index is 10.3. The van der Waals surface area contributed by atoms with Crippen LogP contribution in [-0.2, 0) is 15.8 Å². The van der Waals surface area contributed by atoms with Crippen molar-refractivity contribution in [1.82, 2.24) is 0 Å². The van der Waals surface area contributed by atoms with Gasteiger partial charge in [-0.05, 0) is 33.8 Å². The molecule has 0 aromatic heterocycles. The number of aliphatic hydroxyl groups excluding tert-OH is 2. The topological polar surface area (TPSA) is 58.9 Å². The van der Waals surface area contributed by atoms with Gasteiger partial charge in [-0.1, -0.05) is 112 Å². The molecule has 0 aliphatic rings. The first kappa shape index (κ1) is 26.3. The van der Waals surface area contributed by atoms with E-state index in [1.54, 1.807) is 0 Å². The van der Waals surface area contributed by atoms with Crippen molar-refractivity contribution in [2.75, 3.05) is 13.2 Å². The van der Waals surface area contributed by atoms with Gasteiger partial charge in [0.1, 0.15) is 6.10 Å². The van der Waals surface area contributed by atoms with Gasteiger partial charge in [-0.25, -0.2) is 0 Å². The molecule has 182 valence electrons. The molecule has 2 N–H and O–H groups in total. The summed E-state index contributed by atoms with van der Waals surface area (Å²) in [5.41, 5.74) is 1.04. The Bertz CT molecular complexity index is 918. The van der Waals surface area contributed by atoms with E-state index in [1.165, 1.54) is 10.4 Å². The summed E-state index contributed by atoms with van der Waals surface area (Å²) < 4.78 is 12.9. The lowest BCUT2D eigenvalue weighted by atomic mass is 10.1. The van der Waals surface area contributed by atoms with Gasteiger partial charge >= 0.3 is 0 Å². The Morgan fingerprint density at radius 3 is 1.76 bits per heavy atom. The predicted molar refractivity (Wildman–Crippen MR) is 141 cm³/mol. The van der Waals surface area contributed by atoms with Crippen LogP contribution in [0.1, 0.15) is 39.2 Å². The van der Waals surface area contributed by atoms with E-state index in [4.69, 9.17) is 9.16 Å². The third kappa shape index (κ3) is 6.43. The van der Waals surface area contributed by atoms with Crippen LogP contribution in [0, 0.1) is 0 Å². The summed E-state index contributed by atoms with van der Waals surface area (Å²) in [6.45, 7) is 7.42. The van der Waals surface area contributed by atoms with Crippen molar-refractivity contribution >= 4 is 18.7 Å². The summed E-state index contributed by atoms with van der Waals surface area (Å²) in [5, 5.41) is 22.3. The maximum atomic E-state index is 10.3. The highest BCUT2D eigenvalue weighted by Gasteiger charge is 2.49. The van der Waals surface area contributed by atoms with Crippen molar-refractivity contribution in [3.63, 3.8) is 0 Å². The van der Waals surface area contributed by atoms with Gasteiger partial charge in [-0.2, -0.15) is 0 Å². The van der Waals surface area contributed by atoms with Crippen molar-refractivity contribution in [3.8, 4) is 0 Å². The third-order valence-corrected chi connectivity index (χ3v) is 11.3. The van der Waals surface area contributed by atoms with Crippen LogP contribution in [0.2, 0.25) is 5.04 Å². The molecule has 34 heavy (non-hydrogen) atoms. The fraction of sp³-hybridized carbons (Fsp3) is 0.379. The van der Waals surface area contributed by atoms with E-state index in [1.807, 2.05) is 42.5 Å². The van der Waals surface area contributed by atoms with Crippen LogP contribution < -0.4 is 10.4 Å². The van der Waals surface area contributed by atoms with Gasteiger partial charge in [0.05, 0.1) is 19.3 Å². The second-order valence-electron chi connectivity index (χ2n) is 9.74. The summed E-state index contributed by atoms with van der Waals surface area (Å²) in [6.07, 6.45) is -0.0436. The van der Waals surface area contributed by atoms with E-state index in [0.29, 0.717) is 19.6 Å². The van der Waals surface area contributed by atoms with Crippen molar-refractivity contribution in [3.05, 3.63) is 96.6 Å². The zero-order valence-electron chi connectivity index (χ0n) is 20.6. The Kier molecular flexibility index (Phi) is 9.62. The first-order chi connectivity index (χ1) is 16.4. The van der Waals surface area contributed by atoms with Gasteiger partial charge in [0.2, 0.25) is 0 Å². The van der Waals surface area contributed by atoms with Crippen LogP contribution in [0.3, 0.4) is 0 Å². The number of hydrogen-bond donors (Lipinski definition) is 2. The molecule has 4 nitrogen and oxygen atoms in total. The molecule has 0 bridgehead atoms. The number of rotatable bonds is 12. The highest BCUT2D eigenvalue weighted by molar-refractivity contribution is 6.99. The predicted octanol–water partition coefficient (Wildman–Crippen LogP) is 4.28. The molecule has 0 aliphatic heterocycles. The van der Waals surface area contributed by atoms with Crippen LogP contribution in [0.4, 0.5) is 0 Å².